The number of rotatable bonds is 4. The summed E-state index contributed by atoms with van der Waals surface area (Å²) in [6, 6.07) is 8.31. The number of carbonyl (C=O) groups excluding carboxylic acids is 1. The van der Waals surface area contributed by atoms with E-state index < -0.39 is 5.60 Å². The number of hydrogen-bond acceptors (Lipinski definition) is 5. The second kappa shape index (κ2) is 7.18. The van der Waals surface area contributed by atoms with E-state index in [1.54, 1.807) is 7.11 Å². The van der Waals surface area contributed by atoms with Crippen LogP contribution in [-0.2, 0) is 0 Å². The maximum absolute atomic E-state index is 13.3. The van der Waals surface area contributed by atoms with Gasteiger partial charge in [0.15, 0.2) is 5.60 Å². The molecule has 0 atom stereocenters. The highest BCUT2D eigenvalue weighted by molar-refractivity contribution is 6.10. The normalized spacial score (nSPS) is 20.0. The lowest BCUT2D eigenvalue weighted by Crippen LogP contribution is -2.47. The van der Waals surface area contributed by atoms with E-state index in [-0.39, 0.29) is 5.78 Å². The molecule has 1 aliphatic carbocycles. The molecule has 0 N–H and O–H groups in total. The maximum atomic E-state index is 13.3. The standard InChI is InChI=1S/C26H32N2O3/c1-16-17(2)24-22(25(29)26(3,4)31-24)21(18-6-7-18)23(16)28-14-12-27(13-15-28)19-8-10-20(30-5)11-9-19/h8-11,18H,6-7,12-15H2,1-5H3. The van der Waals surface area contributed by atoms with Gasteiger partial charge in [-0.1, -0.05) is 0 Å². The van der Waals surface area contributed by atoms with Crippen LogP contribution in [0, 0.1) is 13.8 Å². The highest BCUT2D eigenvalue weighted by Crippen LogP contribution is 2.54. The predicted molar refractivity (Wildman–Crippen MR) is 124 cm³/mol. The molecule has 31 heavy (non-hydrogen) atoms. The zero-order chi connectivity index (χ0) is 21.9. The van der Waals surface area contributed by atoms with Crippen molar-refractivity contribution >= 4 is 17.2 Å². The lowest BCUT2D eigenvalue weighted by atomic mass is 9.88. The second-order valence-electron chi connectivity index (χ2n) is 9.60. The second-order valence-corrected chi connectivity index (χ2v) is 9.60. The molecule has 5 heteroatoms. The number of ketones is 1. The third-order valence-electron chi connectivity index (χ3n) is 7.16. The summed E-state index contributed by atoms with van der Waals surface area (Å²) in [5.74, 6) is 2.35. The molecule has 2 aromatic rings. The van der Waals surface area contributed by atoms with E-state index >= 15 is 0 Å². The first-order valence-electron chi connectivity index (χ1n) is 11.4. The molecule has 164 valence electrons. The van der Waals surface area contributed by atoms with Crippen molar-refractivity contribution in [2.45, 2.75) is 52.1 Å². The monoisotopic (exact) mass is 420 g/mol. The van der Waals surface area contributed by atoms with Crippen LogP contribution in [0.2, 0.25) is 0 Å². The Labute approximate surface area is 184 Å². The van der Waals surface area contributed by atoms with Gasteiger partial charge in [0.1, 0.15) is 11.5 Å². The molecule has 0 spiro atoms. The van der Waals surface area contributed by atoms with Crippen molar-refractivity contribution in [1.82, 2.24) is 0 Å². The van der Waals surface area contributed by atoms with Gasteiger partial charge in [-0.25, -0.2) is 0 Å². The van der Waals surface area contributed by atoms with Gasteiger partial charge >= 0.3 is 0 Å². The van der Waals surface area contributed by atoms with E-state index in [2.05, 4.69) is 35.8 Å². The van der Waals surface area contributed by atoms with Crippen LogP contribution in [0.1, 0.15) is 59.7 Å². The van der Waals surface area contributed by atoms with E-state index in [9.17, 15) is 4.79 Å². The summed E-state index contributed by atoms with van der Waals surface area (Å²) in [5, 5.41) is 0. The molecule has 2 aromatic carbocycles. The smallest absolute Gasteiger partial charge is 0.209 e. The van der Waals surface area contributed by atoms with Crippen molar-refractivity contribution < 1.29 is 14.3 Å². The van der Waals surface area contributed by atoms with Crippen LogP contribution in [0.15, 0.2) is 24.3 Å². The van der Waals surface area contributed by atoms with Gasteiger partial charge in [-0.2, -0.15) is 0 Å². The van der Waals surface area contributed by atoms with Crippen molar-refractivity contribution in [1.29, 1.82) is 0 Å². The summed E-state index contributed by atoms with van der Waals surface area (Å²) in [5.41, 5.74) is 6.26. The van der Waals surface area contributed by atoms with Crippen LogP contribution in [0.25, 0.3) is 0 Å². The number of Topliss-reactive ketones (excluding diaryl/α,β-unsaturated/α-hetero) is 1. The quantitative estimate of drug-likeness (QED) is 0.706. The Kier molecular flexibility index (Phi) is 4.68. The van der Waals surface area contributed by atoms with Crippen LogP contribution < -0.4 is 19.3 Å². The average Bonchev–Trinajstić information content (AvgIpc) is 3.58. The van der Waals surface area contributed by atoms with E-state index in [1.807, 2.05) is 26.0 Å². The zero-order valence-electron chi connectivity index (χ0n) is 19.2. The minimum absolute atomic E-state index is 0.144. The van der Waals surface area contributed by atoms with Crippen LogP contribution >= 0.6 is 0 Å². The van der Waals surface area contributed by atoms with Crippen LogP contribution in [0.5, 0.6) is 11.5 Å². The first-order valence-corrected chi connectivity index (χ1v) is 11.4. The molecule has 2 heterocycles. The summed E-state index contributed by atoms with van der Waals surface area (Å²) in [6.45, 7) is 11.9. The van der Waals surface area contributed by atoms with Gasteiger partial charge in [0.25, 0.3) is 0 Å². The Balaban J connectivity index is 1.47. The van der Waals surface area contributed by atoms with E-state index in [0.29, 0.717) is 5.92 Å². The highest BCUT2D eigenvalue weighted by atomic mass is 16.5. The number of nitrogens with zero attached hydrogens (tertiary/aromatic N) is 2. The maximum Gasteiger partial charge on any atom is 0.209 e. The van der Waals surface area contributed by atoms with E-state index in [4.69, 9.17) is 9.47 Å². The molecule has 0 radical (unpaired) electrons. The molecule has 1 saturated carbocycles. The molecule has 2 aliphatic heterocycles. The molecule has 0 unspecified atom stereocenters. The van der Waals surface area contributed by atoms with Crippen LogP contribution in [-0.4, -0.2) is 44.7 Å². The molecule has 2 fully saturated rings. The number of hydrogen-bond donors (Lipinski definition) is 0. The van der Waals surface area contributed by atoms with Gasteiger partial charge in [-0.3, -0.25) is 4.79 Å². The number of methoxy groups -OCH3 is 1. The third-order valence-corrected chi connectivity index (χ3v) is 7.16. The minimum Gasteiger partial charge on any atom is -0.497 e. The fourth-order valence-corrected chi connectivity index (χ4v) is 5.09. The Morgan fingerprint density at radius 3 is 2.16 bits per heavy atom. The zero-order valence-corrected chi connectivity index (χ0v) is 19.2. The molecule has 1 saturated heterocycles. The number of ether oxygens (including phenoxy) is 2. The summed E-state index contributed by atoms with van der Waals surface area (Å²) < 4.78 is 11.5. The van der Waals surface area contributed by atoms with E-state index in [1.165, 1.54) is 35.3 Å². The van der Waals surface area contributed by atoms with Crippen molar-refractivity contribution in [2.24, 2.45) is 0 Å². The predicted octanol–water partition coefficient (Wildman–Crippen LogP) is 4.87. The van der Waals surface area contributed by atoms with Crippen molar-refractivity contribution in [3.05, 3.63) is 46.5 Å². The average molecular weight is 421 g/mol. The summed E-state index contributed by atoms with van der Waals surface area (Å²) >= 11 is 0. The van der Waals surface area contributed by atoms with E-state index in [0.717, 1.165) is 48.8 Å². The minimum atomic E-state index is -0.769. The Hall–Kier alpha value is -2.69. The molecule has 3 aliphatic rings. The molecular weight excluding hydrogens is 388 g/mol. The topological polar surface area (TPSA) is 42.0 Å². The van der Waals surface area contributed by atoms with Crippen molar-refractivity contribution in [2.75, 3.05) is 43.1 Å². The van der Waals surface area contributed by atoms with Gasteiger partial charge in [0.2, 0.25) is 5.78 Å². The summed E-state index contributed by atoms with van der Waals surface area (Å²) in [7, 11) is 1.70. The van der Waals surface area contributed by atoms with Crippen LogP contribution in [0.3, 0.4) is 0 Å². The molecule has 5 rings (SSSR count). The molecular formula is C26H32N2O3. The third kappa shape index (κ3) is 3.26. The van der Waals surface area contributed by atoms with Gasteiger partial charge in [0.05, 0.1) is 12.7 Å². The highest BCUT2D eigenvalue weighted by Gasteiger charge is 2.47. The van der Waals surface area contributed by atoms with Gasteiger partial charge in [-0.15, -0.1) is 0 Å². The van der Waals surface area contributed by atoms with Crippen molar-refractivity contribution in [3.8, 4) is 11.5 Å². The van der Waals surface area contributed by atoms with Gasteiger partial charge < -0.3 is 19.3 Å². The molecule has 0 amide bonds. The fraction of sp³-hybridized carbons (Fsp3) is 0.500. The van der Waals surface area contributed by atoms with Gasteiger partial charge in [0, 0.05) is 37.6 Å². The summed E-state index contributed by atoms with van der Waals surface area (Å²) in [4.78, 5) is 18.2. The summed E-state index contributed by atoms with van der Waals surface area (Å²) in [6.07, 6.45) is 2.34. The number of fused-ring (bicyclic) bond motifs is 1. The Morgan fingerprint density at radius 2 is 1.58 bits per heavy atom. The number of piperazine rings is 1. The SMILES string of the molecule is COc1ccc(N2CCN(c3c(C)c(C)c4c(c3C3CC3)C(=O)C(C)(C)O4)CC2)cc1. The first kappa shape index (κ1) is 20.2. The largest absolute Gasteiger partial charge is 0.497 e. The molecule has 0 bridgehead atoms. The van der Waals surface area contributed by atoms with Gasteiger partial charge in [-0.05, 0) is 87.4 Å². The number of benzene rings is 2. The molecule has 5 nitrogen and oxygen atoms in total. The van der Waals surface area contributed by atoms with Crippen molar-refractivity contribution in [3.63, 3.8) is 0 Å². The first-order chi connectivity index (χ1) is 14.8. The lowest BCUT2D eigenvalue weighted by molar-refractivity contribution is 0.0682. The lowest BCUT2D eigenvalue weighted by Gasteiger charge is -2.39. The Morgan fingerprint density at radius 1 is 0.968 bits per heavy atom. The fourth-order valence-electron chi connectivity index (χ4n) is 5.09. The van der Waals surface area contributed by atoms with Crippen LogP contribution in [0.4, 0.5) is 11.4 Å². The number of anilines is 2. The number of carbonyl (C=O) groups is 1. The molecule has 0 aromatic heterocycles. The Bertz CT molecular complexity index is 1030.